The van der Waals surface area contributed by atoms with E-state index in [1.807, 2.05) is 6.92 Å². The Morgan fingerprint density at radius 1 is 1.28 bits per heavy atom. The number of hydrazine groups is 1. The maximum Gasteiger partial charge on any atom is 0.265 e. The van der Waals surface area contributed by atoms with Crippen molar-refractivity contribution in [1.82, 2.24) is 15.4 Å². The van der Waals surface area contributed by atoms with E-state index in [0.717, 1.165) is 5.69 Å². The van der Waals surface area contributed by atoms with E-state index in [1.54, 1.807) is 30.5 Å². The molecule has 0 atom stereocenters. The number of carbonyl (C=O) groups excluding carboxylic acids is 1. The Morgan fingerprint density at radius 2 is 2.00 bits per heavy atom. The van der Waals surface area contributed by atoms with Gasteiger partial charge in [-0.25, -0.2) is 10.8 Å². The SMILES string of the molecule is Cc1cncc(Oc2ccc(C(=O)NN)cc2)n1. The second kappa shape index (κ2) is 5.24. The van der Waals surface area contributed by atoms with E-state index in [9.17, 15) is 4.79 Å². The summed E-state index contributed by atoms with van der Waals surface area (Å²) in [5.41, 5.74) is 3.28. The fourth-order valence-corrected chi connectivity index (χ4v) is 1.37. The van der Waals surface area contributed by atoms with Gasteiger partial charge in [0.25, 0.3) is 5.91 Å². The Balaban J connectivity index is 2.13. The molecule has 0 fully saturated rings. The fraction of sp³-hybridized carbons (Fsp3) is 0.0833. The first-order valence-corrected chi connectivity index (χ1v) is 5.26. The highest BCUT2D eigenvalue weighted by molar-refractivity contribution is 5.93. The van der Waals surface area contributed by atoms with Crippen molar-refractivity contribution in [3.63, 3.8) is 0 Å². The predicted molar refractivity (Wildman–Crippen MR) is 64.9 cm³/mol. The van der Waals surface area contributed by atoms with Crippen LogP contribution in [0.15, 0.2) is 36.7 Å². The molecule has 3 N–H and O–H groups in total. The summed E-state index contributed by atoms with van der Waals surface area (Å²) in [5, 5.41) is 0. The van der Waals surface area contributed by atoms with Gasteiger partial charge in [-0.1, -0.05) is 0 Å². The summed E-state index contributed by atoms with van der Waals surface area (Å²) < 4.78 is 5.49. The average Bonchev–Trinajstić information content (AvgIpc) is 2.39. The Hall–Kier alpha value is -2.47. The molecule has 1 heterocycles. The second-order valence-corrected chi connectivity index (χ2v) is 3.60. The summed E-state index contributed by atoms with van der Waals surface area (Å²) in [6, 6.07) is 6.55. The van der Waals surface area contributed by atoms with Gasteiger partial charge in [-0.2, -0.15) is 0 Å². The smallest absolute Gasteiger partial charge is 0.265 e. The Kier molecular flexibility index (Phi) is 3.49. The highest BCUT2D eigenvalue weighted by Gasteiger charge is 2.04. The summed E-state index contributed by atoms with van der Waals surface area (Å²) in [4.78, 5) is 19.4. The van der Waals surface area contributed by atoms with Gasteiger partial charge in [-0.05, 0) is 31.2 Å². The second-order valence-electron chi connectivity index (χ2n) is 3.60. The topological polar surface area (TPSA) is 90.1 Å². The summed E-state index contributed by atoms with van der Waals surface area (Å²) >= 11 is 0. The molecule has 0 spiro atoms. The average molecular weight is 244 g/mol. The third-order valence-corrected chi connectivity index (χ3v) is 2.20. The number of nitrogens with one attached hydrogen (secondary N) is 1. The van der Waals surface area contributed by atoms with Crippen molar-refractivity contribution in [3.8, 4) is 11.6 Å². The van der Waals surface area contributed by atoms with Crippen LogP contribution in [0, 0.1) is 6.92 Å². The van der Waals surface area contributed by atoms with E-state index in [1.165, 1.54) is 6.20 Å². The molecule has 1 aromatic heterocycles. The van der Waals surface area contributed by atoms with E-state index in [0.29, 0.717) is 17.2 Å². The number of amides is 1. The molecule has 1 aromatic carbocycles. The molecule has 0 saturated heterocycles. The van der Waals surface area contributed by atoms with Gasteiger partial charge in [0.15, 0.2) is 0 Å². The Morgan fingerprint density at radius 3 is 2.61 bits per heavy atom. The van der Waals surface area contributed by atoms with Gasteiger partial charge in [-0.3, -0.25) is 15.2 Å². The highest BCUT2D eigenvalue weighted by Crippen LogP contribution is 2.19. The predicted octanol–water partition coefficient (Wildman–Crippen LogP) is 1.18. The lowest BCUT2D eigenvalue weighted by Crippen LogP contribution is -2.29. The third kappa shape index (κ3) is 2.80. The lowest BCUT2D eigenvalue weighted by molar-refractivity contribution is 0.0953. The van der Waals surface area contributed by atoms with Crippen LogP contribution >= 0.6 is 0 Å². The highest BCUT2D eigenvalue weighted by atomic mass is 16.5. The first-order chi connectivity index (χ1) is 8.69. The van der Waals surface area contributed by atoms with Crippen molar-refractivity contribution in [2.24, 2.45) is 5.84 Å². The molecule has 2 aromatic rings. The molecular weight excluding hydrogens is 232 g/mol. The zero-order valence-electron chi connectivity index (χ0n) is 9.75. The van der Waals surface area contributed by atoms with E-state index < -0.39 is 0 Å². The first kappa shape index (κ1) is 12.0. The van der Waals surface area contributed by atoms with E-state index in [4.69, 9.17) is 10.6 Å². The van der Waals surface area contributed by atoms with Crippen molar-refractivity contribution in [3.05, 3.63) is 47.9 Å². The largest absolute Gasteiger partial charge is 0.437 e. The number of rotatable bonds is 3. The van der Waals surface area contributed by atoms with Gasteiger partial charge < -0.3 is 4.74 Å². The van der Waals surface area contributed by atoms with Crippen LogP contribution in [0.3, 0.4) is 0 Å². The molecule has 0 aliphatic carbocycles. The number of carbonyl (C=O) groups is 1. The van der Waals surface area contributed by atoms with Crippen LogP contribution in [0.4, 0.5) is 0 Å². The molecule has 0 bridgehead atoms. The standard InChI is InChI=1S/C12H12N4O2/c1-8-6-14-7-11(15-8)18-10-4-2-9(3-5-10)12(17)16-13/h2-7H,13H2,1H3,(H,16,17). The van der Waals surface area contributed by atoms with Crippen LogP contribution in [-0.2, 0) is 0 Å². The zero-order valence-corrected chi connectivity index (χ0v) is 9.75. The zero-order chi connectivity index (χ0) is 13.0. The van der Waals surface area contributed by atoms with E-state index >= 15 is 0 Å². The van der Waals surface area contributed by atoms with Gasteiger partial charge in [0.2, 0.25) is 5.88 Å². The monoisotopic (exact) mass is 244 g/mol. The lowest BCUT2D eigenvalue weighted by Gasteiger charge is -2.05. The van der Waals surface area contributed by atoms with Crippen molar-refractivity contribution in [1.29, 1.82) is 0 Å². The number of nitrogens with two attached hydrogens (primary N) is 1. The third-order valence-electron chi connectivity index (χ3n) is 2.20. The van der Waals surface area contributed by atoms with Crippen LogP contribution in [-0.4, -0.2) is 15.9 Å². The number of hydrogen-bond donors (Lipinski definition) is 2. The molecular formula is C12H12N4O2. The number of aryl methyl sites for hydroxylation is 1. The van der Waals surface area contributed by atoms with E-state index in [-0.39, 0.29) is 5.91 Å². The summed E-state index contributed by atoms with van der Waals surface area (Å²) in [6.07, 6.45) is 3.16. The maximum absolute atomic E-state index is 11.2. The molecule has 0 saturated carbocycles. The molecule has 18 heavy (non-hydrogen) atoms. The Labute approximate surface area is 104 Å². The summed E-state index contributed by atoms with van der Waals surface area (Å²) in [7, 11) is 0. The maximum atomic E-state index is 11.2. The van der Waals surface area contributed by atoms with Crippen molar-refractivity contribution >= 4 is 5.91 Å². The first-order valence-electron chi connectivity index (χ1n) is 5.26. The van der Waals surface area contributed by atoms with Gasteiger partial charge in [0, 0.05) is 11.8 Å². The normalized spacial score (nSPS) is 9.89. The molecule has 1 amide bonds. The van der Waals surface area contributed by atoms with Crippen LogP contribution < -0.4 is 16.0 Å². The van der Waals surface area contributed by atoms with Crippen LogP contribution in [0.2, 0.25) is 0 Å². The van der Waals surface area contributed by atoms with Gasteiger partial charge in [0.05, 0.1) is 11.9 Å². The summed E-state index contributed by atoms with van der Waals surface area (Å²) in [6.45, 7) is 1.83. The minimum Gasteiger partial charge on any atom is -0.437 e. The van der Waals surface area contributed by atoms with Crippen LogP contribution in [0.1, 0.15) is 16.1 Å². The van der Waals surface area contributed by atoms with Gasteiger partial charge in [0.1, 0.15) is 5.75 Å². The minimum absolute atomic E-state index is 0.350. The van der Waals surface area contributed by atoms with Crippen molar-refractivity contribution < 1.29 is 9.53 Å². The summed E-state index contributed by atoms with van der Waals surface area (Å²) in [5.74, 6) is 5.66. The molecule has 0 radical (unpaired) electrons. The van der Waals surface area contributed by atoms with Crippen LogP contribution in [0.25, 0.3) is 0 Å². The molecule has 0 aliphatic rings. The molecule has 0 unspecified atom stereocenters. The van der Waals surface area contributed by atoms with Crippen molar-refractivity contribution in [2.75, 3.05) is 0 Å². The van der Waals surface area contributed by atoms with E-state index in [2.05, 4.69) is 15.4 Å². The molecule has 6 nitrogen and oxygen atoms in total. The van der Waals surface area contributed by atoms with Crippen LogP contribution in [0.5, 0.6) is 11.6 Å². The molecule has 6 heteroatoms. The minimum atomic E-state index is -0.350. The van der Waals surface area contributed by atoms with Gasteiger partial charge in [-0.15, -0.1) is 0 Å². The fourth-order valence-electron chi connectivity index (χ4n) is 1.37. The molecule has 92 valence electrons. The number of benzene rings is 1. The molecule has 2 rings (SSSR count). The number of nitrogens with zero attached hydrogens (tertiary/aromatic N) is 2. The molecule has 0 aliphatic heterocycles. The lowest BCUT2D eigenvalue weighted by atomic mass is 10.2. The Bertz CT molecular complexity index is 554. The van der Waals surface area contributed by atoms with Crippen molar-refractivity contribution in [2.45, 2.75) is 6.92 Å². The number of hydrogen-bond acceptors (Lipinski definition) is 5. The number of aromatic nitrogens is 2. The van der Waals surface area contributed by atoms with Gasteiger partial charge >= 0.3 is 0 Å². The quantitative estimate of drug-likeness (QED) is 0.480. The number of ether oxygens (including phenoxy) is 1. The number of nitrogen functional groups attached to an aromatic ring is 1.